The standard InChI is InChI=1S/C21H40O6S14/c22-1-3-28-13-34-16-38-20(24)9-32-12-31-6-8-41(27)19-37-15-35-17-39-21(25)10-33-11-30-5-7-40(26)18-36-14-29-4-2-23/h22-23H,1-19H2. The zero-order valence-electron chi connectivity index (χ0n) is 22.7. The number of rotatable bonds is 32. The SMILES string of the molecule is O=C(CSCSCCS(=O)CSCSCSC(=O)CSCSCCS(=O)CSCSCCO)SCSCSCCO. The van der Waals surface area contributed by atoms with E-state index in [1.165, 1.54) is 23.5 Å². The molecule has 41 heavy (non-hydrogen) atoms. The molecule has 0 radical (unpaired) electrons. The van der Waals surface area contributed by atoms with Crippen LogP contribution in [0.4, 0.5) is 0 Å². The van der Waals surface area contributed by atoms with Crippen LogP contribution in [-0.2, 0) is 31.2 Å². The van der Waals surface area contributed by atoms with Crippen LogP contribution in [0, 0.1) is 0 Å². The Balaban J connectivity index is 3.41. The van der Waals surface area contributed by atoms with Crippen LogP contribution >= 0.6 is 141 Å². The minimum atomic E-state index is -0.851. The van der Waals surface area contributed by atoms with Crippen LogP contribution in [0.5, 0.6) is 0 Å². The Morgan fingerprint density at radius 1 is 0.463 bits per heavy atom. The first kappa shape index (κ1) is 44.8. The van der Waals surface area contributed by atoms with E-state index in [2.05, 4.69) is 0 Å². The first-order valence-electron chi connectivity index (χ1n) is 12.0. The third-order valence-electron chi connectivity index (χ3n) is 3.69. The first-order chi connectivity index (χ1) is 20.0. The summed E-state index contributed by atoms with van der Waals surface area (Å²) in [6, 6.07) is 0. The maximum Gasteiger partial charge on any atom is 0.199 e. The van der Waals surface area contributed by atoms with Gasteiger partial charge in [0.1, 0.15) is 0 Å². The van der Waals surface area contributed by atoms with Crippen LogP contribution in [-0.4, -0.2) is 134 Å². The molecule has 20 heteroatoms. The van der Waals surface area contributed by atoms with E-state index >= 15 is 0 Å². The second-order valence-corrected chi connectivity index (χ2v) is 25.8. The van der Waals surface area contributed by atoms with Gasteiger partial charge in [0.2, 0.25) is 0 Å². The Morgan fingerprint density at radius 2 is 0.829 bits per heavy atom. The predicted molar refractivity (Wildman–Crippen MR) is 214 cm³/mol. The number of carbonyl (C=O) groups is 2. The van der Waals surface area contributed by atoms with Gasteiger partial charge in [0.25, 0.3) is 0 Å². The van der Waals surface area contributed by atoms with Crippen LogP contribution in [0.2, 0.25) is 0 Å². The van der Waals surface area contributed by atoms with Crippen molar-refractivity contribution >= 4 is 173 Å². The van der Waals surface area contributed by atoms with Crippen molar-refractivity contribution in [3.63, 3.8) is 0 Å². The van der Waals surface area contributed by atoms with Gasteiger partial charge in [0, 0.05) is 91.7 Å². The second kappa shape index (κ2) is 36.6. The lowest BCUT2D eigenvalue weighted by atomic mass is 10.9. The molecule has 2 atom stereocenters. The molecule has 0 saturated heterocycles. The molecular formula is C21H40O6S14. The molecule has 0 aromatic carbocycles. The fourth-order valence-electron chi connectivity index (χ4n) is 1.95. The monoisotopic (exact) mass is 836 g/mol. The van der Waals surface area contributed by atoms with Crippen LogP contribution in [0.15, 0.2) is 0 Å². The van der Waals surface area contributed by atoms with Crippen LogP contribution < -0.4 is 0 Å². The fraction of sp³-hybridized carbons (Fsp3) is 0.905. The topological polar surface area (TPSA) is 109 Å². The molecule has 2 N–H and O–H groups in total. The Labute approximate surface area is 302 Å². The summed E-state index contributed by atoms with van der Waals surface area (Å²) in [6.45, 7) is 0.384. The third-order valence-corrected chi connectivity index (χ3v) is 22.1. The van der Waals surface area contributed by atoms with Crippen molar-refractivity contribution < 1.29 is 28.2 Å². The van der Waals surface area contributed by atoms with Crippen molar-refractivity contribution in [2.75, 3.05) is 105 Å². The summed E-state index contributed by atoms with van der Waals surface area (Å²) in [5.41, 5.74) is 0. The Bertz CT molecular complexity index is 679. The Hall–Kier alpha value is 3.76. The zero-order valence-corrected chi connectivity index (χ0v) is 34.1. The van der Waals surface area contributed by atoms with Crippen molar-refractivity contribution in [2.45, 2.75) is 0 Å². The smallest absolute Gasteiger partial charge is 0.199 e. The largest absolute Gasteiger partial charge is 0.396 e. The van der Waals surface area contributed by atoms with Gasteiger partial charge in [-0.05, 0) is 0 Å². The molecule has 0 rings (SSSR count). The van der Waals surface area contributed by atoms with Gasteiger partial charge < -0.3 is 10.2 Å². The van der Waals surface area contributed by atoms with Gasteiger partial charge in [-0.15, -0.1) is 94.1 Å². The summed E-state index contributed by atoms with van der Waals surface area (Å²) < 4.78 is 24.1. The molecule has 2 unspecified atom stereocenters. The van der Waals surface area contributed by atoms with Crippen LogP contribution in [0.1, 0.15) is 0 Å². The molecule has 244 valence electrons. The molecule has 0 aliphatic rings. The lowest BCUT2D eigenvalue weighted by Gasteiger charge is -2.04. The van der Waals surface area contributed by atoms with E-state index in [1.54, 1.807) is 118 Å². The normalized spacial score (nSPS) is 12.9. The van der Waals surface area contributed by atoms with E-state index in [1.807, 2.05) is 0 Å². The summed E-state index contributed by atoms with van der Waals surface area (Å²) in [6.07, 6.45) is 0. The lowest BCUT2D eigenvalue weighted by molar-refractivity contribution is -0.109. The van der Waals surface area contributed by atoms with Crippen molar-refractivity contribution in [3.05, 3.63) is 0 Å². The van der Waals surface area contributed by atoms with Gasteiger partial charge in [-0.2, -0.15) is 23.5 Å². The molecule has 0 spiro atoms. The van der Waals surface area contributed by atoms with Crippen LogP contribution in [0.3, 0.4) is 0 Å². The molecule has 0 fully saturated rings. The molecule has 0 saturated carbocycles. The molecule has 0 aromatic heterocycles. The van der Waals surface area contributed by atoms with E-state index in [0.29, 0.717) is 38.3 Å². The maximum atomic E-state index is 12.1. The number of hydrogen-bond donors (Lipinski definition) is 2. The summed E-state index contributed by atoms with van der Waals surface area (Å²) in [5.74, 6) is 5.47. The highest BCUT2D eigenvalue weighted by atomic mass is 32.3. The van der Waals surface area contributed by atoms with Gasteiger partial charge in [0.05, 0.1) is 34.9 Å². The van der Waals surface area contributed by atoms with Gasteiger partial charge >= 0.3 is 0 Å². The lowest BCUT2D eigenvalue weighted by Crippen LogP contribution is -2.03. The molecule has 0 amide bonds. The molecule has 6 nitrogen and oxygen atoms in total. The van der Waals surface area contributed by atoms with Crippen molar-refractivity contribution in [1.29, 1.82) is 0 Å². The molecular weight excluding hydrogens is 797 g/mol. The number of aliphatic hydroxyl groups excluding tert-OH is 2. The van der Waals surface area contributed by atoms with Gasteiger partial charge in [-0.25, -0.2) is 0 Å². The first-order valence-corrected chi connectivity index (χ1v) is 28.5. The van der Waals surface area contributed by atoms with Crippen LogP contribution in [0.25, 0.3) is 0 Å². The zero-order chi connectivity index (χ0) is 30.2. The Kier molecular flexibility index (Phi) is 39.9. The van der Waals surface area contributed by atoms with E-state index < -0.39 is 21.6 Å². The van der Waals surface area contributed by atoms with Gasteiger partial charge in [-0.3, -0.25) is 18.0 Å². The second-order valence-electron chi connectivity index (χ2n) is 6.97. The van der Waals surface area contributed by atoms with E-state index in [4.69, 9.17) is 10.2 Å². The summed E-state index contributed by atoms with van der Waals surface area (Å²) in [7, 11) is -1.66. The quantitative estimate of drug-likeness (QED) is 0.0616. The molecule has 0 aliphatic heterocycles. The van der Waals surface area contributed by atoms with Gasteiger partial charge in [-0.1, -0.05) is 23.5 Å². The minimum absolute atomic E-state index is 0.180. The fourth-order valence-corrected chi connectivity index (χ4v) is 18.7. The average molecular weight is 837 g/mol. The number of carbonyl (C=O) groups excluding carboxylic acids is 2. The minimum Gasteiger partial charge on any atom is -0.396 e. The number of hydrogen-bond acceptors (Lipinski definition) is 18. The van der Waals surface area contributed by atoms with Crippen molar-refractivity contribution in [2.24, 2.45) is 0 Å². The predicted octanol–water partition coefficient (Wildman–Crippen LogP) is 5.94. The number of aliphatic hydroxyl groups is 2. The maximum absolute atomic E-state index is 12.1. The van der Waals surface area contributed by atoms with E-state index in [9.17, 15) is 18.0 Å². The number of thioether (sulfide) groups is 12. The highest BCUT2D eigenvalue weighted by molar-refractivity contribution is 8.29. The molecule has 0 bridgehead atoms. The molecule has 0 aromatic rings. The summed E-state index contributed by atoms with van der Waals surface area (Å²) in [4.78, 5) is 23.8. The van der Waals surface area contributed by atoms with E-state index in [0.717, 1.165) is 53.5 Å². The third kappa shape index (κ3) is 36.4. The van der Waals surface area contributed by atoms with Crippen molar-refractivity contribution in [1.82, 2.24) is 0 Å². The van der Waals surface area contributed by atoms with Crippen molar-refractivity contribution in [3.8, 4) is 0 Å². The molecule has 0 heterocycles. The highest BCUT2D eigenvalue weighted by Gasteiger charge is 2.07. The average Bonchev–Trinajstić information content (AvgIpc) is 2.96. The Morgan fingerprint density at radius 3 is 1.27 bits per heavy atom. The highest BCUT2D eigenvalue weighted by Crippen LogP contribution is 2.23. The van der Waals surface area contributed by atoms with E-state index in [-0.39, 0.29) is 23.4 Å². The van der Waals surface area contributed by atoms with Gasteiger partial charge in [0.15, 0.2) is 10.2 Å². The summed E-state index contributed by atoms with van der Waals surface area (Å²) >= 11 is 19.4. The molecule has 0 aliphatic carbocycles. The summed E-state index contributed by atoms with van der Waals surface area (Å²) in [5, 5.41) is 24.8.